The van der Waals surface area contributed by atoms with E-state index in [0.717, 1.165) is 6.42 Å². The van der Waals surface area contributed by atoms with E-state index in [9.17, 15) is 0 Å². The van der Waals surface area contributed by atoms with Crippen LogP contribution < -0.4 is 11.1 Å². The zero-order chi connectivity index (χ0) is 8.97. The Morgan fingerprint density at radius 2 is 2.33 bits per heavy atom. The highest BCUT2D eigenvalue weighted by atomic mass is 15.1. The number of nitrogens with two attached hydrogens (primary N) is 1. The van der Waals surface area contributed by atoms with Crippen LogP contribution in [0.25, 0.3) is 0 Å². The molecule has 1 aliphatic rings. The summed E-state index contributed by atoms with van der Waals surface area (Å²) in [6.07, 6.45) is 4.82. The summed E-state index contributed by atoms with van der Waals surface area (Å²) in [6, 6.07) is 0.940. The highest BCUT2D eigenvalue weighted by Crippen LogP contribution is 2.21. The fraction of sp³-hybridized carbons (Fsp3) is 0.889. The zero-order valence-corrected chi connectivity index (χ0v) is 8.01. The van der Waals surface area contributed by atoms with Gasteiger partial charge >= 0.3 is 0 Å². The standard InChI is InChI=1S/C9H19N3/c1-3-7(2)11-9(10)12-8-5-4-6-8/h7-8H,3-6H2,1-2H3,(H3,10,11,12). The maximum Gasteiger partial charge on any atom is 0.189 e. The van der Waals surface area contributed by atoms with Crippen LogP contribution in [0.4, 0.5) is 0 Å². The van der Waals surface area contributed by atoms with Crippen molar-refractivity contribution in [2.75, 3.05) is 0 Å². The highest BCUT2D eigenvalue weighted by molar-refractivity contribution is 5.78. The van der Waals surface area contributed by atoms with Crippen molar-refractivity contribution < 1.29 is 0 Å². The molecule has 1 unspecified atom stereocenters. The van der Waals surface area contributed by atoms with Crippen molar-refractivity contribution in [1.29, 1.82) is 0 Å². The Kier molecular flexibility index (Phi) is 3.38. The molecule has 1 aliphatic carbocycles. The van der Waals surface area contributed by atoms with Gasteiger partial charge in [-0.05, 0) is 32.6 Å². The third kappa shape index (κ3) is 2.72. The molecule has 0 radical (unpaired) electrons. The average molecular weight is 169 g/mol. The van der Waals surface area contributed by atoms with Crippen LogP contribution in [-0.2, 0) is 0 Å². The molecule has 1 atom stereocenters. The number of rotatable bonds is 3. The molecule has 0 aromatic heterocycles. The van der Waals surface area contributed by atoms with Gasteiger partial charge in [0.25, 0.3) is 0 Å². The lowest BCUT2D eigenvalue weighted by Crippen LogP contribution is -2.39. The van der Waals surface area contributed by atoms with Gasteiger partial charge in [-0.2, -0.15) is 0 Å². The predicted molar refractivity (Wildman–Crippen MR) is 52.2 cm³/mol. The number of hydrogen-bond acceptors (Lipinski definition) is 1. The van der Waals surface area contributed by atoms with Crippen molar-refractivity contribution in [3.63, 3.8) is 0 Å². The lowest BCUT2D eigenvalue weighted by Gasteiger charge is -2.22. The lowest BCUT2D eigenvalue weighted by atomic mass is 9.94. The minimum Gasteiger partial charge on any atom is -0.370 e. The topological polar surface area (TPSA) is 50.4 Å². The van der Waals surface area contributed by atoms with Crippen LogP contribution in [0, 0.1) is 0 Å². The van der Waals surface area contributed by atoms with Crippen molar-refractivity contribution in [2.45, 2.75) is 51.6 Å². The van der Waals surface area contributed by atoms with Gasteiger partial charge in [-0.15, -0.1) is 0 Å². The molecule has 70 valence electrons. The second-order valence-corrected chi connectivity index (χ2v) is 3.55. The molecule has 1 fully saturated rings. The summed E-state index contributed by atoms with van der Waals surface area (Å²) >= 11 is 0. The first-order chi connectivity index (χ1) is 5.72. The Labute approximate surface area is 74.4 Å². The fourth-order valence-electron chi connectivity index (χ4n) is 1.10. The van der Waals surface area contributed by atoms with E-state index in [1.165, 1.54) is 19.3 Å². The molecule has 0 amide bonds. The lowest BCUT2D eigenvalue weighted by molar-refractivity contribution is 0.417. The molecule has 0 heterocycles. The van der Waals surface area contributed by atoms with Gasteiger partial charge in [0.15, 0.2) is 5.96 Å². The predicted octanol–water partition coefficient (Wildman–Crippen LogP) is 1.24. The van der Waals surface area contributed by atoms with E-state index >= 15 is 0 Å². The first-order valence-electron chi connectivity index (χ1n) is 4.82. The van der Waals surface area contributed by atoms with E-state index < -0.39 is 0 Å². The Hall–Kier alpha value is -0.730. The Morgan fingerprint density at radius 1 is 1.67 bits per heavy atom. The van der Waals surface area contributed by atoms with E-state index in [1.54, 1.807) is 0 Å². The summed E-state index contributed by atoms with van der Waals surface area (Å²) in [5.74, 6) is 0.619. The number of aliphatic imine (C=N–C) groups is 1. The van der Waals surface area contributed by atoms with Crippen LogP contribution in [0.15, 0.2) is 4.99 Å². The van der Waals surface area contributed by atoms with Gasteiger partial charge in [-0.1, -0.05) is 6.92 Å². The zero-order valence-electron chi connectivity index (χ0n) is 8.01. The molecule has 12 heavy (non-hydrogen) atoms. The largest absolute Gasteiger partial charge is 0.370 e. The van der Waals surface area contributed by atoms with Crippen molar-refractivity contribution in [3.05, 3.63) is 0 Å². The number of nitrogens with zero attached hydrogens (tertiary/aromatic N) is 1. The van der Waals surface area contributed by atoms with Gasteiger partial charge in [0.1, 0.15) is 0 Å². The minimum absolute atomic E-state index is 0.439. The second-order valence-electron chi connectivity index (χ2n) is 3.55. The van der Waals surface area contributed by atoms with Crippen molar-refractivity contribution in [1.82, 2.24) is 5.32 Å². The van der Waals surface area contributed by atoms with Crippen LogP contribution >= 0.6 is 0 Å². The van der Waals surface area contributed by atoms with Gasteiger partial charge in [0, 0.05) is 6.04 Å². The maximum atomic E-state index is 5.70. The molecule has 3 N–H and O–H groups in total. The molecular formula is C9H19N3. The van der Waals surface area contributed by atoms with Crippen LogP contribution in [0.2, 0.25) is 0 Å². The Bertz CT molecular complexity index is 161. The van der Waals surface area contributed by atoms with E-state index in [-0.39, 0.29) is 0 Å². The number of hydrogen-bond donors (Lipinski definition) is 2. The molecule has 3 nitrogen and oxygen atoms in total. The maximum absolute atomic E-state index is 5.70. The smallest absolute Gasteiger partial charge is 0.189 e. The summed E-state index contributed by atoms with van der Waals surface area (Å²) in [5, 5.41) is 3.16. The van der Waals surface area contributed by atoms with E-state index in [0.29, 0.717) is 18.0 Å². The molecule has 0 aromatic carbocycles. The summed E-state index contributed by atoms with van der Waals surface area (Å²) in [6.45, 7) is 4.25. The molecule has 1 saturated carbocycles. The van der Waals surface area contributed by atoms with Crippen LogP contribution in [0.3, 0.4) is 0 Å². The number of nitrogens with one attached hydrogen (secondary N) is 1. The van der Waals surface area contributed by atoms with Crippen LogP contribution in [0.5, 0.6) is 0 Å². The van der Waals surface area contributed by atoms with Crippen LogP contribution in [0.1, 0.15) is 39.5 Å². The first-order valence-corrected chi connectivity index (χ1v) is 4.82. The van der Waals surface area contributed by atoms with Crippen molar-refractivity contribution >= 4 is 5.96 Å². The number of guanidine groups is 1. The van der Waals surface area contributed by atoms with Crippen LogP contribution in [-0.4, -0.2) is 18.0 Å². The minimum atomic E-state index is 0.439. The monoisotopic (exact) mass is 169 g/mol. The summed E-state index contributed by atoms with van der Waals surface area (Å²) in [5.41, 5.74) is 5.70. The molecule has 1 rings (SSSR count). The highest BCUT2D eigenvalue weighted by Gasteiger charge is 2.16. The van der Waals surface area contributed by atoms with Crippen molar-refractivity contribution in [2.24, 2.45) is 10.7 Å². The van der Waals surface area contributed by atoms with Gasteiger partial charge in [0.05, 0.1) is 6.04 Å². The van der Waals surface area contributed by atoms with Crippen molar-refractivity contribution in [3.8, 4) is 0 Å². The summed E-state index contributed by atoms with van der Waals surface area (Å²) in [7, 11) is 0. The normalized spacial score (nSPS) is 21.7. The molecule has 3 heteroatoms. The average Bonchev–Trinajstić information content (AvgIpc) is 1.97. The molecule has 0 saturated heterocycles. The second kappa shape index (κ2) is 4.33. The summed E-state index contributed by atoms with van der Waals surface area (Å²) < 4.78 is 0. The molecule has 0 aromatic rings. The van der Waals surface area contributed by atoms with Gasteiger partial charge in [0.2, 0.25) is 0 Å². The van der Waals surface area contributed by atoms with E-state index in [1.807, 2.05) is 0 Å². The SMILES string of the molecule is CCC(C)NC(N)=NC1CCC1. The third-order valence-electron chi connectivity index (χ3n) is 2.40. The van der Waals surface area contributed by atoms with E-state index in [4.69, 9.17) is 5.73 Å². The molecular weight excluding hydrogens is 150 g/mol. The molecule has 0 spiro atoms. The quantitative estimate of drug-likeness (QED) is 0.493. The Morgan fingerprint density at radius 3 is 2.75 bits per heavy atom. The van der Waals surface area contributed by atoms with Gasteiger partial charge in [-0.25, -0.2) is 0 Å². The molecule has 0 bridgehead atoms. The first kappa shape index (κ1) is 9.36. The molecule has 0 aliphatic heterocycles. The third-order valence-corrected chi connectivity index (χ3v) is 2.40. The van der Waals surface area contributed by atoms with Gasteiger partial charge < -0.3 is 11.1 Å². The fourth-order valence-corrected chi connectivity index (χ4v) is 1.10. The van der Waals surface area contributed by atoms with Gasteiger partial charge in [-0.3, -0.25) is 4.99 Å². The van der Waals surface area contributed by atoms with E-state index in [2.05, 4.69) is 24.2 Å². The summed E-state index contributed by atoms with van der Waals surface area (Å²) in [4.78, 5) is 4.35. The Balaban J connectivity index is 2.25.